The summed E-state index contributed by atoms with van der Waals surface area (Å²) in [6.07, 6.45) is 0. The monoisotopic (exact) mass is 373 g/mol. The van der Waals surface area contributed by atoms with Gasteiger partial charge in [-0.3, -0.25) is 14.5 Å². The highest BCUT2D eigenvalue weighted by Gasteiger charge is 2.20. The number of carbonyl (C=O) groups is 2. The number of halogens is 1. The van der Waals surface area contributed by atoms with Gasteiger partial charge in [0.25, 0.3) is 0 Å². The topological polar surface area (TPSA) is 61.4 Å². The average molecular weight is 374 g/mol. The van der Waals surface area contributed by atoms with Crippen molar-refractivity contribution in [1.82, 2.24) is 10.2 Å². The third kappa shape index (κ3) is 5.86. The van der Waals surface area contributed by atoms with Gasteiger partial charge in [-0.2, -0.15) is 0 Å². The molecule has 138 valence electrons. The summed E-state index contributed by atoms with van der Waals surface area (Å²) >= 11 is 6.03. The lowest BCUT2D eigenvalue weighted by atomic mass is 10.1. The zero-order valence-corrected chi connectivity index (χ0v) is 16.0. The van der Waals surface area contributed by atoms with Gasteiger partial charge in [-0.25, -0.2) is 0 Å². The van der Waals surface area contributed by atoms with Crippen LogP contribution < -0.4 is 10.6 Å². The summed E-state index contributed by atoms with van der Waals surface area (Å²) in [7, 11) is 1.74. The van der Waals surface area contributed by atoms with Crippen LogP contribution in [0.4, 0.5) is 5.69 Å². The third-order valence-corrected chi connectivity index (χ3v) is 4.50. The molecular weight excluding hydrogens is 350 g/mol. The summed E-state index contributed by atoms with van der Waals surface area (Å²) in [5.41, 5.74) is 2.78. The zero-order chi connectivity index (χ0) is 19.1. The number of nitrogens with one attached hydrogen (secondary N) is 2. The van der Waals surface area contributed by atoms with E-state index in [9.17, 15) is 9.59 Å². The van der Waals surface area contributed by atoms with Gasteiger partial charge >= 0.3 is 0 Å². The highest BCUT2D eigenvalue weighted by molar-refractivity contribution is 6.33. The molecule has 2 aromatic carbocycles. The second-order valence-electron chi connectivity index (χ2n) is 6.32. The van der Waals surface area contributed by atoms with Crippen LogP contribution in [0.25, 0.3) is 0 Å². The Kier molecular flexibility index (Phi) is 7.18. The van der Waals surface area contributed by atoms with E-state index < -0.39 is 6.04 Å². The van der Waals surface area contributed by atoms with Crippen molar-refractivity contribution < 1.29 is 9.59 Å². The first-order valence-electron chi connectivity index (χ1n) is 8.44. The minimum atomic E-state index is -0.433. The number of anilines is 1. The molecule has 0 heterocycles. The van der Waals surface area contributed by atoms with Gasteiger partial charge in [0, 0.05) is 6.54 Å². The Labute approximate surface area is 159 Å². The number of likely N-dealkylation sites (N-methyl/N-ethyl adjacent to an activating group) is 1. The smallest absolute Gasteiger partial charge is 0.238 e. The first kappa shape index (κ1) is 19.9. The van der Waals surface area contributed by atoms with Crippen molar-refractivity contribution in [3.63, 3.8) is 0 Å². The van der Waals surface area contributed by atoms with E-state index in [4.69, 9.17) is 11.6 Å². The molecule has 0 radical (unpaired) electrons. The van der Waals surface area contributed by atoms with Crippen LogP contribution in [-0.4, -0.2) is 36.3 Å². The summed E-state index contributed by atoms with van der Waals surface area (Å²) in [5, 5.41) is 6.13. The van der Waals surface area contributed by atoms with E-state index >= 15 is 0 Å². The maximum atomic E-state index is 12.3. The Morgan fingerprint density at radius 3 is 2.42 bits per heavy atom. The lowest BCUT2D eigenvalue weighted by Crippen LogP contribution is -2.45. The molecule has 0 spiro atoms. The van der Waals surface area contributed by atoms with Crippen LogP contribution in [0.1, 0.15) is 18.1 Å². The minimum absolute atomic E-state index is 0.0876. The van der Waals surface area contributed by atoms with E-state index in [2.05, 4.69) is 10.6 Å². The summed E-state index contributed by atoms with van der Waals surface area (Å²) in [6.45, 7) is 4.34. The van der Waals surface area contributed by atoms with Crippen LogP contribution in [0.15, 0.2) is 48.5 Å². The predicted molar refractivity (Wildman–Crippen MR) is 105 cm³/mol. The van der Waals surface area contributed by atoms with E-state index in [1.165, 1.54) is 5.56 Å². The highest BCUT2D eigenvalue weighted by Crippen LogP contribution is 2.20. The molecule has 2 amide bonds. The van der Waals surface area contributed by atoms with Crippen molar-refractivity contribution in [1.29, 1.82) is 0 Å². The van der Waals surface area contributed by atoms with Crippen molar-refractivity contribution in [2.75, 3.05) is 18.9 Å². The molecule has 0 saturated heterocycles. The fourth-order valence-electron chi connectivity index (χ4n) is 2.36. The van der Waals surface area contributed by atoms with Gasteiger partial charge in [0.15, 0.2) is 0 Å². The molecular formula is C20H24ClN3O2. The van der Waals surface area contributed by atoms with Gasteiger partial charge in [0.2, 0.25) is 11.8 Å². The Balaban J connectivity index is 1.82. The summed E-state index contributed by atoms with van der Waals surface area (Å²) in [4.78, 5) is 26.2. The quantitative estimate of drug-likeness (QED) is 0.783. The minimum Gasteiger partial charge on any atom is -0.351 e. The summed E-state index contributed by atoms with van der Waals surface area (Å²) < 4.78 is 0. The fourth-order valence-corrected chi connectivity index (χ4v) is 2.54. The number of aryl methyl sites for hydroxylation is 1. The SMILES string of the molecule is Cc1ccc(CNC(=O)C(C)N(C)CC(=O)Nc2ccccc2Cl)cc1. The van der Waals surface area contributed by atoms with Crippen molar-refractivity contribution in [3.05, 3.63) is 64.7 Å². The molecule has 2 aromatic rings. The standard InChI is InChI=1S/C20H24ClN3O2/c1-14-8-10-16(11-9-14)12-22-20(26)15(2)24(3)13-19(25)23-18-7-5-4-6-17(18)21/h4-11,15H,12-13H2,1-3H3,(H,22,26)(H,23,25). The zero-order valence-electron chi connectivity index (χ0n) is 15.3. The lowest BCUT2D eigenvalue weighted by molar-refractivity contribution is -0.126. The molecule has 0 aromatic heterocycles. The van der Waals surface area contributed by atoms with E-state index in [-0.39, 0.29) is 18.4 Å². The fraction of sp³-hybridized carbons (Fsp3) is 0.300. The second-order valence-corrected chi connectivity index (χ2v) is 6.73. The normalized spacial score (nSPS) is 11.9. The number of carbonyl (C=O) groups excluding carboxylic acids is 2. The summed E-state index contributed by atoms with van der Waals surface area (Å²) in [5.74, 6) is -0.350. The molecule has 0 bridgehead atoms. The maximum Gasteiger partial charge on any atom is 0.238 e. The van der Waals surface area contributed by atoms with Gasteiger partial charge in [-0.1, -0.05) is 53.6 Å². The molecule has 0 aliphatic heterocycles. The van der Waals surface area contributed by atoms with Crippen LogP contribution in [0.2, 0.25) is 5.02 Å². The Morgan fingerprint density at radius 2 is 1.77 bits per heavy atom. The second kappa shape index (κ2) is 9.36. The molecule has 1 unspecified atom stereocenters. The number of rotatable bonds is 7. The van der Waals surface area contributed by atoms with Crippen molar-refractivity contribution in [2.45, 2.75) is 26.4 Å². The molecule has 2 N–H and O–H groups in total. The maximum absolute atomic E-state index is 12.3. The van der Waals surface area contributed by atoms with Gasteiger partial charge in [-0.05, 0) is 38.6 Å². The van der Waals surface area contributed by atoms with Crippen LogP contribution in [0.3, 0.4) is 0 Å². The molecule has 0 saturated carbocycles. The largest absolute Gasteiger partial charge is 0.351 e. The number of nitrogens with zero attached hydrogens (tertiary/aromatic N) is 1. The molecule has 0 aliphatic rings. The van der Waals surface area contributed by atoms with Gasteiger partial charge < -0.3 is 10.6 Å². The summed E-state index contributed by atoms with van der Waals surface area (Å²) in [6, 6.07) is 14.6. The number of benzene rings is 2. The molecule has 5 nitrogen and oxygen atoms in total. The number of hydrogen-bond donors (Lipinski definition) is 2. The molecule has 6 heteroatoms. The van der Waals surface area contributed by atoms with Crippen LogP contribution >= 0.6 is 11.6 Å². The van der Waals surface area contributed by atoms with Crippen molar-refractivity contribution in [2.24, 2.45) is 0 Å². The lowest BCUT2D eigenvalue weighted by Gasteiger charge is -2.23. The predicted octanol–water partition coefficient (Wildman–Crippen LogP) is 3.22. The van der Waals surface area contributed by atoms with Gasteiger partial charge in [0.1, 0.15) is 0 Å². The molecule has 2 rings (SSSR count). The van der Waals surface area contributed by atoms with E-state index in [1.807, 2.05) is 31.2 Å². The van der Waals surface area contributed by atoms with Crippen LogP contribution in [0, 0.1) is 6.92 Å². The first-order chi connectivity index (χ1) is 12.4. The van der Waals surface area contributed by atoms with Crippen LogP contribution in [0.5, 0.6) is 0 Å². The third-order valence-electron chi connectivity index (χ3n) is 4.17. The van der Waals surface area contributed by atoms with E-state index in [0.29, 0.717) is 17.3 Å². The Morgan fingerprint density at radius 1 is 1.12 bits per heavy atom. The average Bonchev–Trinajstić information content (AvgIpc) is 2.62. The Bertz CT molecular complexity index is 762. The highest BCUT2D eigenvalue weighted by atomic mass is 35.5. The van der Waals surface area contributed by atoms with E-state index in [1.54, 1.807) is 43.1 Å². The van der Waals surface area contributed by atoms with Gasteiger partial charge in [-0.15, -0.1) is 0 Å². The van der Waals surface area contributed by atoms with Crippen molar-refractivity contribution in [3.8, 4) is 0 Å². The van der Waals surface area contributed by atoms with E-state index in [0.717, 1.165) is 5.56 Å². The molecule has 0 fully saturated rings. The van der Waals surface area contributed by atoms with Gasteiger partial charge in [0.05, 0.1) is 23.3 Å². The number of amides is 2. The molecule has 0 aliphatic carbocycles. The van der Waals surface area contributed by atoms with Crippen LogP contribution in [-0.2, 0) is 16.1 Å². The first-order valence-corrected chi connectivity index (χ1v) is 8.82. The molecule has 26 heavy (non-hydrogen) atoms. The van der Waals surface area contributed by atoms with Crippen molar-refractivity contribution >= 4 is 29.1 Å². The number of hydrogen-bond acceptors (Lipinski definition) is 3. The Hall–Kier alpha value is -2.37. The molecule has 1 atom stereocenters. The number of para-hydroxylation sites is 1.